The number of hydrogen-bond acceptors (Lipinski definition) is 3. The van der Waals surface area contributed by atoms with E-state index in [-0.39, 0.29) is 24.4 Å². The fourth-order valence-electron chi connectivity index (χ4n) is 2.35. The fourth-order valence-corrected chi connectivity index (χ4v) is 2.35. The smallest absolute Gasteiger partial charge is 0.410 e. The van der Waals surface area contributed by atoms with Crippen molar-refractivity contribution >= 4 is 11.9 Å². The van der Waals surface area contributed by atoms with Gasteiger partial charge >= 0.3 is 6.09 Å². The summed E-state index contributed by atoms with van der Waals surface area (Å²) in [4.78, 5) is 25.2. The Balaban J connectivity index is 1.86. The Kier molecular flexibility index (Phi) is 4.93. The van der Waals surface area contributed by atoms with Gasteiger partial charge < -0.3 is 9.64 Å². The van der Waals surface area contributed by atoms with Crippen LogP contribution >= 0.6 is 0 Å². The number of carbonyl (C=O) groups excluding carboxylic acids is 2. The van der Waals surface area contributed by atoms with Crippen LogP contribution in [0.15, 0.2) is 43.0 Å². The molecule has 0 spiro atoms. The molecule has 1 atom stereocenters. The minimum Gasteiger partial charge on any atom is -0.445 e. The number of rotatable bonds is 4. The highest BCUT2D eigenvalue weighted by Gasteiger charge is 2.27. The van der Waals surface area contributed by atoms with Gasteiger partial charge in [-0.15, -0.1) is 0 Å². The molecule has 0 N–H and O–H groups in total. The van der Waals surface area contributed by atoms with E-state index >= 15 is 0 Å². The van der Waals surface area contributed by atoms with Gasteiger partial charge in [-0.2, -0.15) is 0 Å². The van der Waals surface area contributed by atoms with E-state index in [2.05, 4.69) is 6.58 Å². The SMILES string of the molecule is C=CC(=O)C1CCCN(C(=O)OCc2ccccc2)C1. The molecule has 1 aromatic carbocycles. The van der Waals surface area contributed by atoms with Crippen molar-refractivity contribution in [1.29, 1.82) is 0 Å². The van der Waals surface area contributed by atoms with Crippen LogP contribution in [0.5, 0.6) is 0 Å². The molecule has 1 heterocycles. The maximum Gasteiger partial charge on any atom is 0.410 e. The first kappa shape index (κ1) is 14.3. The molecule has 1 aromatic rings. The van der Waals surface area contributed by atoms with Crippen molar-refractivity contribution in [2.45, 2.75) is 19.4 Å². The molecular weight excluding hydrogens is 254 g/mol. The summed E-state index contributed by atoms with van der Waals surface area (Å²) in [7, 11) is 0. The normalized spacial score (nSPS) is 18.4. The van der Waals surface area contributed by atoms with Gasteiger partial charge in [-0.05, 0) is 24.5 Å². The van der Waals surface area contributed by atoms with Crippen LogP contribution in [-0.2, 0) is 16.1 Å². The minimum absolute atomic E-state index is 0.00515. The molecule has 0 bridgehead atoms. The fraction of sp³-hybridized carbons (Fsp3) is 0.375. The molecule has 0 aromatic heterocycles. The highest BCUT2D eigenvalue weighted by atomic mass is 16.6. The molecule has 4 heteroatoms. The third-order valence-electron chi connectivity index (χ3n) is 3.49. The van der Waals surface area contributed by atoms with Gasteiger partial charge in [-0.1, -0.05) is 36.9 Å². The molecule has 106 valence electrons. The van der Waals surface area contributed by atoms with Gasteiger partial charge in [-0.3, -0.25) is 4.79 Å². The monoisotopic (exact) mass is 273 g/mol. The van der Waals surface area contributed by atoms with Crippen LogP contribution in [0.4, 0.5) is 4.79 Å². The van der Waals surface area contributed by atoms with Crippen LogP contribution in [-0.4, -0.2) is 29.9 Å². The molecule has 1 aliphatic heterocycles. The third-order valence-corrected chi connectivity index (χ3v) is 3.49. The van der Waals surface area contributed by atoms with Crippen LogP contribution in [0.2, 0.25) is 0 Å². The number of piperidine rings is 1. The van der Waals surface area contributed by atoms with E-state index in [9.17, 15) is 9.59 Å². The van der Waals surface area contributed by atoms with Crippen LogP contribution in [0.25, 0.3) is 0 Å². The summed E-state index contributed by atoms with van der Waals surface area (Å²) < 4.78 is 5.28. The quantitative estimate of drug-likeness (QED) is 0.792. The number of hydrogen-bond donors (Lipinski definition) is 0. The Morgan fingerprint density at radius 1 is 1.35 bits per heavy atom. The zero-order chi connectivity index (χ0) is 14.4. The second-order valence-electron chi connectivity index (χ2n) is 4.93. The topological polar surface area (TPSA) is 46.6 Å². The van der Waals surface area contributed by atoms with Crippen molar-refractivity contribution in [3.63, 3.8) is 0 Å². The summed E-state index contributed by atoms with van der Waals surface area (Å²) in [6.07, 6.45) is 2.62. The van der Waals surface area contributed by atoms with Gasteiger partial charge in [0.2, 0.25) is 0 Å². The highest BCUT2D eigenvalue weighted by molar-refractivity contribution is 5.91. The number of carbonyl (C=O) groups is 2. The molecule has 1 fully saturated rings. The third kappa shape index (κ3) is 3.70. The molecule has 0 aliphatic carbocycles. The predicted octanol–water partition coefficient (Wildman–Crippen LogP) is 2.79. The van der Waals surface area contributed by atoms with E-state index in [1.54, 1.807) is 4.90 Å². The molecule has 1 amide bonds. The lowest BCUT2D eigenvalue weighted by Gasteiger charge is -2.30. The Hall–Kier alpha value is -2.10. The summed E-state index contributed by atoms with van der Waals surface area (Å²) in [5.41, 5.74) is 0.955. The van der Waals surface area contributed by atoms with Crippen LogP contribution in [0.1, 0.15) is 18.4 Å². The first-order chi connectivity index (χ1) is 9.70. The van der Waals surface area contributed by atoms with E-state index in [0.717, 1.165) is 18.4 Å². The molecule has 20 heavy (non-hydrogen) atoms. The van der Waals surface area contributed by atoms with Gasteiger partial charge in [-0.25, -0.2) is 4.79 Å². The van der Waals surface area contributed by atoms with Crippen molar-refractivity contribution in [2.24, 2.45) is 5.92 Å². The number of amides is 1. The van der Waals surface area contributed by atoms with Crippen molar-refractivity contribution in [3.8, 4) is 0 Å². The Morgan fingerprint density at radius 2 is 2.10 bits per heavy atom. The largest absolute Gasteiger partial charge is 0.445 e. The van der Waals surface area contributed by atoms with Crippen molar-refractivity contribution in [1.82, 2.24) is 4.90 Å². The number of allylic oxidation sites excluding steroid dienone is 1. The van der Waals surface area contributed by atoms with E-state index in [1.165, 1.54) is 6.08 Å². The van der Waals surface area contributed by atoms with Gasteiger partial charge in [0.05, 0.1) is 0 Å². The Labute approximate surface area is 119 Å². The van der Waals surface area contributed by atoms with E-state index in [4.69, 9.17) is 4.74 Å². The number of ketones is 1. The standard InChI is InChI=1S/C16H19NO3/c1-2-15(18)14-9-6-10-17(11-14)16(19)20-12-13-7-4-3-5-8-13/h2-5,7-8,14H,1,6,9-12H2. The van der Waals surface area contributed by atoms with Crippen LogP contribution in [0.3, 0.4) is 0 Å². The average molecular weight is 273 g/mol. The van der Waals surface area contributed by atoms with Crippen molar-refractivity contribution in [3.05, 3.63) is 48.6 Å². The zero-order valence-corrected chi connectivity index (χ0v) is 11.5. The van der Waals surface area contributed by atoms with Crippen LogP contribution < -0.4 is 0 Å². The lowest BCUT2D eigenvalue weighted by atomic mass is 9.94. The number of ether oxygens (including phenoxy) is 1. The number of benzene rings is 1. The molecule has 1 aliphatic rings. The molecule has 1 unspecified atom stereocenters. The zero-order valence-electron chi connectivity index (χ0n) is 11.5. The molecule has 0 saturated carbocycles. The lowest BCUT2D eigenvalue weighted by Crippen LogP contribution is -2.42. The summed E-state index contributed by atoms with van der Waals surface area (Å²) in [6.45, 7) is 4.83. The van der Waals surface area contributed by atoms with Crippen LogP contribution in [0, 0.1) is 5.92 Å². The van der Waals surface area contributed by atoms with Gasteiger partial charge in [0.25, 0.3) is 0 Å². The summed E-state index contributed by atoms with van der Waals surface area (Å²) in [5, 5.41) is 0. The first-order valence-electron chi connectivity index (χ1n) is 6.82. The van der Waals surface area contributed by atoms with E-state index in [0.29, 0.717) is 13.1 Å². The highest BCUT2D eigenvalue weighted by Crippen LogP contribution is 2.18. The molecule has 1 saturated heterocycles. The van der Waals surface area contributed by atoms with E-state index < -0.39 is 0 Å². The molecular formula is C16H19NO3. The first-order valence-corrected chi connectivity index (χ1v) is 6.82. The Morgan fingerprint density at radius 3 is 2.80 bits per heavy atom. The Bertz CT molecular complexity index is 484. The molecule has 0 radical (unpaired) electrons. The second kappa shape index (κ2) is 6.89. The summed E-state index contributed by atoms with van der Waals surface area (Å²) >= 11 is 0. The minimum atomic E-state index is -0.351. The second-order valence-corrected chi connectivity index (χ2v) is 4.93. The summed E-state index contributed by atoms with van der Waals surface area (Å²) in [6, 6.07) is 9.55. The number of likely N-dealkylation sites (tertiary alicyclic amines) is 1. The van der Waals surface area contributed by atoms with Crippen molar-refractivity contribution < 1.29 is 14.3 Å². The average Bonchev–Trinajstić information content (AvgIpc) is 2.53. The van der Waals surface area contributed by atoms with Gasteiger partial charge in [0.15, 0.2) is 5.78 Å². The van der Waals surface area contributed by atoms with Gasteiger partial charge in [0, 0.05) is 19.0 Å². The maximum absolute atomic E-state index is 12.0. The predicted molar refractivity (Wildman–Crippen MR) is 76.1 cm³/mol. The van der Waals surface area contributed by atoms with Gasteiger partial charge in [0.1, 0.15) is 6.61 Å². The lowest BCUT2D eigenvalue weighted by molar-refractivity contribution is -0.119. The maximum atomic E-state index is 12.0. The molecule has 4 nitrogen and oxygen atoms in total. The van der Waals surface area contributed by atoms with Crippen molar-refractivity contribution in [2.75, 3.05) is 13.1 Å². The summed E-state index contributed by atoms with van der Waals surface area (Å²) in [5.74, 6) is -0.129. The molecule has 2 rings (SSSR count). The number of nitrogens with zero attached hydrogens (tertiary/aromatic N) is 1. The van der Waals surface area contributed by atoms with E-state index in [1.807, 2.05) is 30.3 Å².